The lowest BCUT2D eigenvalue weighted by atomic mass is 10.1. The highest BCUT2D eigenvalue weighted by molar-refractivity contribution is 4.96. The Morgan fingerprint density at radius 2 is 2.21 bits per heavy atom. The van der Waals surface area contributed by atoms with Gasteiger partial charge in [-0.15, -0.1) is 5.10 Å². The molecule has 0 bridgehead atoms. The van der Waals surface area contributed by atoms with Gasteiger partial charge in [0.1, 0.15) is 18.3 Å². The fraction of sp³-hybridized carbons (Fsp3) is 0.818. The van der Waals surface area contributed by atoms with Gasteiger partial charge in [0.25, 0.3) is 0 Å². The molecule has 0 aromatic carbocycles. The summed E-state index contributed by atoms with van der Waals surface area (Å²) in [6.45, 7) is 3.68. The molecule has 0 spiro atoms. The Labute approximate surface area is 109 Å². The summed E-state index contributed by atoms with van der Waals surface area (Å²) >= 11 is 0. The molecule has 8 nitrogen and oxygen atoms in total. The number of fused-ring (bicyclic) bond motifs is 1. The van der Waals surface area contributed by atoms with Gasteiger partial charge in [0.2, 0.25) is 0 Å². The van der Waals surface area contributed by atoms with Gasteiger partial charge in [-0.25, -0.2) is 4.68 Å². The zero-order chi connectivity index (χ0) is 13.6. The van der Waals surface area contributed by atoms with Crippen LogP contribution in [0.4, 0.5) is 0 Å². The molecular weight excluding hydrogens is 254 g/mol. The van der Waals surface area contributed by atoms with Crippen molar-refractivity contribution in [2.75, 3.05) is 0 Å². The van der Waals surface area contributed by atoms with Crippen LogP contribution < -0.4 is 0 Å². The largest absolute Gasteiger partial charge is 0.390 e. The summed E-state index contributed by atoms with van der Waals surface area (Å²) in [4.78, 5) is 0. The van der Waals surface area contributed by atoms with Gasteiger partial charge in [0.15, 0.2) is 12.1 Å². The monoisotopic (exact) mass is 271 g/mol. The Kier molecular flexibility index (Phi) is 3.06. The molecular formula is C11H17N3O5. The first-order valence-electron chi connectivity index (χ1n) is 6.17. The Bertz CT molecular complexity index is 463. The second-order valence-electron chi connectivity index (χ2n) is 5.20. The van der Waals surface area contributed by atoms with Crippen molar-refractivity contribution in [2.24, 2.45) is 0 Å². The number of ether oxygens (including phenoxy) is 3. The molecule has 1 aromatic heterocycles. The molecule has 0 aliphatic carbocycles. The van der Waals surface area contributed by atoms with Crippen LogP contribution in [0.1, 0.15) is 19.5 Å². The number of aromatic nitrogens is 3. The van der Waals surface area contributed by atoms with E-state index in [0.29, 0.717) is 5.69 Å². The van der Waals surface area contributed by atoms with Crippen LogP contribution in [0.3, 0.4) is 0 Å². The zero-order valence-electron chi connectivity index (χ0n) is 10.8. The maximum Gasteiger partial charge on any atom is 0.190 e. The topological polar surface area (TPSA) is 98.9 Å². The van der Waals surface area contributed by atoms with E-state index in [2.05, 4.69) is 10.3 Å². The van der Waals surface area contributed by atoms with E-state index in [0.717, 1.165) is 0 Å². The number of rotatable bonds is 3. The van der Waals surface area contributed by atoms with Gasteiger partial charge in [-0.2, -0.15) is 0 Å². The average molecular weight is 271 g/mol. The zero-order valence-corrected chi connectivity index (χ0v) is 10.8. The first-order chi connectivity index (χ1) is 9.00. The van der Waals surface area contributed by atoms with Crippen LogP contribution >= 0.6 is 0 Å². The van der Waals surface area contributed by atoms with Crippen LogP contribution in [0.2, 0.25) is 0 Å². The molecule has 0 saturated carbocycles. The van der Waals surface area contributed by atoms with Gasteiger partial charge in [-0.05, 0) is 13.8 Å². The summed E-state index contributed by atoms with van der Waals surface area (Å²) in [5.41, 5.74) is 0.565. The van der Waals surface area contributed by atoms with Crippen LogP contribution in [-0.4, -0.2) is 55.6 Å². The molecule has 2 aliphatic rings. The van der Waals surface area contributed by atoms with Crippen LogP contribution in [-0.2, 0) is 27.4 Å². The lowest BCUT2D eigenvalue weighted by Crippen LogP contribution is -2.37. The lowest BCUT2D eigenvalue weighted by molar-refractivity contribution is -0.216. The smallest absolute Gasteiger partial charge is 0.190 e. The first kappa shape index (κ1) is 12.9. The lowest BCUT2D eigenvalue weighted by Gasteiger charge is -2.23. The molecule has 8 heteroatoms. The van der Waals surface area contributed by atoms with E-state index in [1.54, 1.807) is 13.8 Å². The third-order valence-corrected chi connectivity index (χ3v) is 3.33. The highest BCUT2D eigenvalue weighted by Crippen LogP contribution is 2.37. The number of hydrogen-bond acceptors (Lipinski definition) is 7. The molecule has 4 atom stereocenters. The minimum Gasteiger partial charge on any atom is -0.390 e. The average Bonchev–Trinajstić information content (AvgIpc) is 2.97. The Hall–Kier alpha value is -1.06. The van der Waals surface area contributed by atoms with Crippen molar-refractivity contribution in [3.05, 3.63) is 11.9 Å². The molecule has 2 saturated heterocycles. The van der Waals surface area contributed by atoms with Crippen molar-refractivity contribution in [1.82, 2.24) is 15.0 Å². The van der Waals surface area contributed by atoms with Crippen LogP contribution in [0.15, 0.2) is 6.20 Å². The molecule has 3 rings (SSSR count). The fourth-order valence-electron chi connectivity index (χ4n) is 2.43. The summed E-state index contributed by atoms with van der Waals surface area (Å²) in [6.07, 6.45) is -0.907. The van der Waals surface area contributed by atoms with E-state index in [9.17, 15) is 5.11 Å². The van der Waals surface area contributed by atoms with E-state index in [-0.39, 0.29) is 13.2 Å². The minimum absolute atomic E-state index is 0.164. The first-order valence-corrected chi connectivity index (χ1v) is 6.17. The Morgan fingerprint density at radius 3 is 2.89 bits per heavy atom. The van der Waals surface area contributed by atoms with Gasteiger partial charge >= 0.3 is 0 Å². The van der Waals surface area contributed by atoms with Gasteiger partial charge in [0, 0.05) is 0 Å². The predicted octanol–water partition coefficient (Wildman–Crippen LogP) is -0.992. The third-order valence-electron chi connectivity index (χ3n) is 3.33. The Morgan fingerprint density at radius 1 is 1.42 bits per heavy atom. The second-order valence-corrected chi connectivity index (χ2v) is 5.20. The maximum atomic E-state index is 10.2. The summed E-state index contributed by atoms with van der Waals surface area (Å²) in [5.74, 6) is -0.745. The maximum absolute atomic E-state index is 10.2. The Balaban J connectivity index is 1.69. The van der Waals surface area contributed by atoms with Crippen molar-refractivity contribution in [3.63, 3.8) is 0 Å². The van der Waals surface area contributed by atoms with Crippen molar-refractivity contribution in [1.29, 1.82) is 0 Å². The van der Waals surface area contributed by atoms with Gasteiger partial charge in [-0.3, -0.25) is 0 Å². The number of aliphatic hydroxyl groups excluding tert-OH is 2. The van der Waals surface area contributed by atoms with Crippen LogP contribution in [0.25, 0.3) is 0 Å². The molecule has 0 unspecified atom stereocenters. The molecule has 19 heavy (non-hydrogen) atoms. The number of aliphatic hydroxyl groups is 2. The number of hydrogen-bond donors (Lipinski definition) is 2. The van der Waals surface area contributed by atoms with Crippen molar-refractivity contribution in [2.45, 2.75) is 57.4 Å². The summed E-state index contributed by atoms with van der Waals surface area (Å²) < 4.78 is 18.3. The van der Waals surface area contributed by atoms with Gasteiger partial charge in [0.05, 0.1) is 25.0 Å². The number of nitrogens with zero attached hydrogens (tertiary/aromatic N) is 3. The normalized spacial score (nSPS) is 36.6. The van der Waals surface area contributed by atoms with E-state index in [1.165, 1.54) is 10.9 Å². The highest BCUT2D eigenvalue weighted by Gasteiger charge is 2.54. The summed E-state index contributed by atoms with van der Waals surface area (Å²) in [6, 6.07) is 0. The van der Waals surface area contributed by atoms with Crippen LogP contribution in [0.5, 0.6) is 0 Å². The van der Waals surface area contributed by atoms with Crippen molar-refractivity contribution in [3.8, 4) is 0 Å². The molecule has 3 heterocycles. The molecule has 2 fully saturated rings. The van der Waals surface area contributed by atoms with E-state index in [1.807, 2.05) is 0 Å². The third kappa shape index (κ3) is 2.26. The summed E-state index contributed by atoms with van der Waals surface area (Å²) in [7, 11) is 0. The van der Waals surface area contributed by atoms with E-state index in [4.69, 9.17) is 19.3 Å². The second kappa shape index (κ2) is 4.50. The van der Waals surface area contributed by atoms with Gasteiger partial charge in [-0.1, -0.05) is 5.21 Å². The van der Waals surface area contributed by atoms with Gasteiger partial charge < -0.3 is 24.4 Å². The molecule has 0 amide bonds. The van der Waals surface area contributed by atoms with Crippen molar-refractivity contribution >= 4 is 0 Å². The fourth-order valence-corrected chi connectivity index (χ4v) is 2.43. The SMILES string of the molecule is CC1(C)O[C@H]2O[C@H](Cn3nncc3CO)[C@H](O)[C@H]2O1. The summed E-state index contributed by atoms with van der Waals surface area (Å²) in [5, 5.41) is 26.9. The quantitative estimate of drug-likeness (QED) is 0.728. The standard InChI is InChI=1S/C11H17N3O5/c1-11(2)18-9-8(16)7(17-10(9)19-11)4-14-6(5-15)3-12-13-14/h3,7-10,15-16H,4-5H2,1-2H3/t7-,8+,9-,10-/m1/s1. The molecule has 0 radical (unpaired) electrons. The van der Waals surface area contributed by atoms with E-state index >= 15 is 0 Å². The minimum atomic E-state index is -0.803. The highest BCUT2D eigenvalue weighted by atomic mass is 16.8. The van der Waals surface area contributed by atoms with Crippen molar-refractivity contribution < 1.29 is 24.4 Å². The van der Waals surface area contributed by atoms with E-state index < -0.39 is 30.4 Å². The van der Waals surface area contributed by atoms with Crippen LogP contribution in [0, 0.1) is 0 Å². The predicted molar refractivity (Wildman–Crippen MR) is 60.6 cm³/mol. The molecule has 2 N–H and O–H groups in total. The molecule has 1 aromatic rings. The molecule has 106 valence electrons. The molecule has 2 aliphatic heterocycles.